The number of H-pyrrole nitrogens is 1. The predicted molar refractivity (Wildman–Crippen MR) is 84.8 cm³/mol. The van der Waals surface area contributed by atoms with Crippen molar-refractivity contribution in [1.82, 2.24) is 4.98 Å². The van der Waals surface area contributed by atoms with Crippen LogP contribution in [-0.2, 0) is 4.79 Å². The van der Waals surface area contributed by atoms with Gasteiger partial charge in [-0.1, -0.05) is 37.1 Å². The van der Waals surface area contributed by atoms with Gasteiger partial charge in [0.1, 0.15) is 5.69 Å². The van der Waals surface area contributed by atoms with E-state index in [2.05, 4.69) is 10.3 Å². The van der Waals surface area contributed by atoms with Gasteiger partial charge in [-0.25, -0.2) is 0 Å². The number of nitrogens with one attached hydrogen (secondary N) is 2. The van der Waals surface area contributed by atoms with Gasteiger partial charge in [-0.15, -0.1) is 0 Å². The zero-order valence-corrected chi connectivity index (χ0v) is 12.5. The first-order chi connectivity index (χ1) is 10.1. The molecule has 21 heavy (non-hydrogen) atoms. The van der Waals surface area contributed by atoms with Gasteiger partial charge in [0.15, 0.2) is 0 Å². The number of hydrogen-bond donors (Lipinski definition) is 2. The number of hydrogen-bond acceptors (Lipinski definition) is 2. The summed E-state index contributed by atoms with van der Waals surface area (Å²) in [7, 11) is 0. The summed E-state index contributed by atoms with van der Waals surface area (Å²) in [5, 5.41) is 3.28. The molecule has 110 valence electrons. The molecule has 1 unspecified atom stereocenters. The minimum Gasteiger partial charge on any atom is -0.366 e. The fourth-order valence-corrected chi connectivity index (χ4v) is 2.39. The highest BCUT2D eigenvalue weighted by atomic mass is 35.5. The number of aromatic nitrogens is 1. The first kappa shape index (κ1) is 15.3. The fourth-order valence-electron chi connectivity index (χ4n) is 2.19. The van der Waals surface area contributed by atoms with Crippen LogP contribution in [0.1, 0.15) is 31.2 Å². The van der Waals surface area contributed by atoms with Crippen molar-refractivity contribution in [2.45, 2.75) is 25.7 Å². The standard InChI is InChI=1S/C16H17ClN2O2/c1-2-4-13(11-5-3-6-12(17)9-11)16(21)19-14-10-18-8-7-15(14)20/h3,5-10,13H,2,4H2,1H3,(H,18,20)(H,19,21). The minimum absolute atomic E-state index is 0.198. The number of rotatable bonds is 5. The molecule has 4 nitrogen and oxygen atoms in total. The Labute approximate surface area is 128 Å². The van der Waals surface area contributed by atoms with Crippen LogP contribution in [0.15, 0.2) is 47.5 Å². The molecule has 0 saturated heterocycles. The average Bonchev–Trinajstić information content (AvgIpc) is 2.47. The predicted octanol–water partition coefficient (Wildman–Crippen LogP) is 3.55. The van der Waals surface area contributed by atoms with Gasteiger partial charge in [0.05, 0.1) is 5.92 Å². The van der Waals surface area contributed by atoms with E-state index in [0.717, 1.165) is 12.0 Å². The van der Waals surface area contributed by atoms with Crippen molar-refractivity contribution >= 4 is 23.2 Å². The molecule has 2 N–H and O–H groups in total. The molecule has 2 aromatic rings. The molecule has 0 saturated carbocycles. The summed E-state index contributed by atoms with van der Waals surface area (Å²) in [4.78, 5) is 26.9. The molecule has 5 heteroatoms. The Hall–Kier alpha value is -2.07. The summed E-state index contributed by atoms with van der Waals surface area (Å²) < 4.78 is 0. The Bertz CT molecular complexity index is 682. The molecule has 0 fully saturated rings. The van der Waals surface area contributed by atoms with Crippen LogP contribution in [0.5, 0.6) is 0 Å². The monoisotopic (exact) mass is 304 g/mol. The van der Waals surface area contributed by atoms with Crippen LogP contribution in [0, 0.1) is 0 Å². The molecule has 1 heterocycles. The smallest absolute Gasteiger partial charge is 0.232 e. The second-order valence-corrected chi connectivity index (χ2v) is 5.24. The van der Waals surface area contributed by atoms with Crippen LogP contribution < -0.4 is 10.7 Å². The number of carbonyl (C=O) groups excluding carboxylic acids is 1. The van der Waals surface area contributed by atoms with Gasteiger partial charge >= 0.3 is 0 Å². The zero-order valence-electron chi connectivity index (χ0n) is 11.7. The van der Waals surface area contributed by atoms with Crippen molar-refractivity contribution in [2.75, 3.05) is 5.32 Å². The van der Waals surface area contributed by atoms with Crippen LogP contribution in [0.2, 0.25) is 5.02 Å². The zero-order chi connectivity index (χ0) is 15.2. The van der Waals surface area contributed by atoms with Gasteiger partial charge in [-0.3, -0.25) is 9.59 Å². The van der Waals surface area contributed by atoms with E-state index in [4.69, 9.17) is 11.6 Å². The highest BCUT2D eigenvalue weighted by Crippen LogP contribution is 2.25. The molecule has 0 spiro atoms. The second kappa shape index (κ2) is 7.09. The largest absolute Gasteiger partial charge is 0.366 e. The van der Waals surface area contributed by atoms with E-state index in [0.29, 0.717) is 11.4 Å². The molecule has 0 aliphatic heterocycles. The third-order valence-corrected chi connectivity index (χ3v) is 3.46. The van der Waals surface area contributed by atoms with E-state index >= 15 is 0 Å². The summed E-state index contributed by atoms with van der Waals surface area (Å²) in [5.74, 6) is -0.524. The van der Waals surface area contributed by atoms with Crippen molar-refractivity contribution in [2.24, 2.45) is 0 Å². The molecule has 0 radical (unpaired) electrons. The van der Waals surface area contributed by atoms with Crippen molar-refractivity contribution in [3.8, 4) is 0 Å². The van der Waals surface area contributed by atoms with Crippen LogP contribution in [0.4, 0.5) is 5.69 Å². The lowest BCUT2D eigenvalue weighted by atomic mass is 9.93. The Morgan fingerprint density at radius 3 is 2.86 bits per heavy atom. The summed E-state index contributed by atoms with van der Waals surface area (Å²) in [6, 6.07) is 8.64. The Balaban J connectivity index is 2.24. The second-order valence-electron chi connectivity index (χ2n) is 4.81. The van der Waals surface area contributed by atoms with E-state index in [1.807, 2.05) is 19.1 Å². The number of amides is 1. The third-order valence-electron chi connectivity index (χ3n) is 3.23. The number of anilines is 1. The lowest BCUT2D eigenvalue weighted by Gasteiger charge is -2.16. The number of aromatic amines is 1. The maximum atomic E-state index is 12.5. The molecule has 0 aliphatic carbocycles. The average molecular weight is 305 g/mol. The third kappa shape index (κ3) is 3.95. The minimum atomic E-state index is -0.326. The van der Waals surface area contributed by atoms with E-state index in [-0.39, 0.29) is 22.9 Å². The van der Waals surface area contributed by atoms with Crippen molar-refractivity contribution in [1.29, 1.82) is 0 Å². The van der Waals surface area contributed by atoms with E-state index in [1.54, 1.807) is 12.1 Å². The SMILES string of the molecule is CCCC(C(=O)Nc1c[nH]ccc1=O)c1cccc(Cl)c1. The van der Waals surface area contributed by atoms with E-state index in [9.17, 15) is 9.59 Å². The maximum absolute atomic E-state index is 12.5. The van der Waals surface area contributed by atoms with Crippen molar-refractivity contribution in [3.63, 3.8) is 0 Å². The van der Waals surface area contributed by atoms with Gasteiger partial charge in [-0.05, 0) is 24.1 Å². The summed E-state index contributed by atoms with van der Waals surface area (Å²) >= 11 is 5.99. The number of pyridine rings is 1. The van der Waals surface area contributed by atoms with Gasteiger partial charge < -0.3 is 10.3 Å². The molecule has 1 aromatic carbocycles. The van der Waals surface area contributed by atoms with Crippen molar-refractivity contribution < 1.29 is 4.79 Å². The van der Waals surface area contributed by atoms with Crippen LogP contribution in [0.3, 0.4) is 0 Å². The van der Waals surface area contributed by atoms with Crippen LogP contribution in [-0.4, -0.2) is 10.9 Å². The molecule has 1 aromatic heterocycles. The normalized spacial score (nSPS) is 11.9. The highest BCUT2D eigenvalue weighted by Gasteiger charge is 2.20. The van der Waals surface area contributed by atoms with E-state index < -0.39 is 0 Å². The summed E-state index contributed by atoms with van der Waals surface area (Å²) in [5.41, 5.74) is 0.892. The van der Waals surface area contributed by atoms with Gasteiger partial charge in [0.25, 0.3) is 0 Å². The molecule has 2 rings (SSSR count). The molecular weight excluding hydrogens is 288 g/mol. The van der Waals surface area contributed by atoms with Crippen LogP contribution in [0.25, 0.3) is 0 Å². The molecule has 0 aliphatic rings. The number of carbonyl (C=O) groups is 1. The Kier molecular flexibility index (Phi) is 5.17. The van der Waals surface area contributed by atoms with Gasteiger partial charge in [0.2, 0.25) is 11.3 Å². The van der Waals surface area contributed by atoms with Crippen molar-refractivity contribution in [3.05, 3.63) is 63.5 Å². The number of benzene rings is 1. The molecule has 1 amide bonds. The summed E-state index contributed by atoms with van der Waals surface area (Å²) in [6.07, 6.45) is 4.56. The number of halogens is 1. The molecule has 0 bridgehead atoms. The fraction of sp³-hybridized carbons (Fsp3) is 0.250. The topological polar surface area (TPSA) is 62.0 Å². The summed E-state index contributed by atoms with van der Waals surface area (Å²) in [6.45, 7) is 2.01. The van der Waals surface area contributed by atoms with Crippen LogP contribution >= 0.6 is 11.6 Å². The first-order valence-corrected chi connectivity index (χ1v) is 7.23. The maximum Gasteiger partial charge on any atom is 0.232 e. The quantitative estimate of drug-likeness (QED) is 0.887. The Morgan fingerprint density at radius 1 is 1.38 bits per heavy atom. The Morgan fingerprint density at radius 2 is 2.19 bits per heavy atom. The van der Waals surface area contributed by atoms with Gasteiger partial charge in [-0.2, -0.15) is 0 Å². The molecule has 1 atom stereocenters. The highest BCUT2D eigenvalue weighted by molar-refractivity contribution is 6.30. The lowest BCUT2D eigenvalue weighted by Crippen LogP contribution is -2.24. The van der Waals surface area contributed by atoms with E-state index in [1.165, 1.54) is 18.5 Å². The molecular formula is C16H17ClN2O2. The van der Waals surface area contributed by atoms with Gasteiger partial charge in [0, 0.05) is 23.5 Å². The first-order valence-electron chi connectivity index (χ1n) is 6.85. The lowest BCUT2D eigenvalue weighted by molar-refractivity contribution is -0.117.